The number of aromatic nitrogens is 2. The molecule has 2 aromatic heterocycles. The number of carbonyl (C=O) groups is 2. The van der Waals surface area contributed by atoms with E-state index < -0.39 is 15.9 Å². The fourth-order valence-corrected chi connectivity index (χ4v) is 5.29. The standard InChI is InChI=1S/C29H32N4O6S/c1-18(2)38-29(35)33-14-11-22(12-15-33)24-10-9-23(27(34)32-40(36,37)25-8-6-7-13-30-25)28(31-24)39-26-20(4)16-19(3)17-21(26)5/h6-11,13,16-18H,12,14-15H2,1-5H3,(H,32,34). The van der Waals surface area contributed by atoms with Gasteiger partial charge in [-0.15, -0.1) is 0 Å². The molecule has 0 unspecified atom stereocenters. The molecule has 2 amide bonds. The predicted octanol–water partition coefficient (Wildman–Crippen LogP) is 4.95. The minimum Gasteiger partial charge on any atom is -0.447 e. The summed E-state index contributed by atoms with van der Waals surface area (Å²) in [5, 5.41) is -0.284. The van der Waals surface area contributed by atoms with Crippen molar-refractivity contribution >= 4 is 27.6 Å². The summed E-state index contributed by atoms with van der Waals surface area (Å²) in [7, 11) is -4.23. The van der Waals surface area contributed by atoms with Gasteiger partial charge in [0.1, 0.15) is 11.3 Å². The molecule has 0 radical (unpaired) electrons. The molecule has 210 valence electrons. The molecule has 0 saturated heterocycles. The second kappa shape index (κ2) is 11.9. The topological polar surface area (TPSA) is 128 Å². The van der Waals surface area contributed by atoms with Crippen molar-refractivity contribution in [3.63, 3.8) is 0 Å². The molecule has 40 heavy (non-hydrogen) atoms. The third-order valence-corrected chi connectivity index (χ3v) is 7.43. The molecule has 10 nitrogen and oxygen atoms in total. The summed E-state index contributed by atoms with van der Waals surface area (Å²) >= 11 is 0. The van der Waals surface area contributed by atoms with Crippen LogP contribution in [0.5, 0.6) is 11.6 Å². The highest BCUT2D eigenvalue weighted by Gasteiger charge is 2.26. The predicted molar refractivity (Wildman–Crippen MR) is 150 cm³/mol. The fraction of sp³-hybridized carbons (Fsp3) is 0.310. The van der Waals surface area contributed by atoms with Gasteiger partial charge in [-0.25, -0.2) is 19.5 Å². The SMILES string of the molecule is Cc1cc(C)c(Oc2nc(C3=CCN(C(=O)OC(C)C)CC3)ccc2C(=O)NS(=O)(=O)c2ccccn2)c(C)c1. The number of benzene rings is 1. The third-order valence-electron chi connectivity index (χ3n) is 6.18. The average Bonchev–Trinajstić information content (AvgIpc) is 2.90. The Kier molecular flexibility index (Phi) is 8.53. The summed E-state index contributed by atoms with van der Waals surface area (Å²) in [6, 6.07) is 11.4. The van der Waals surface area contributed by atoms with Gasteiger partial charge in [0, 0.05) is 19.3 Å². The van der Waals surface area contributed by atoms with Crippen molar-refractivity contribution in [1.29, 1.82) is 0 Å². The van der Waals surface area contributed by atoms with E-state index in [2.05, 4.69) is 14.7 Å². The van der Waals surface area contributed by atoms with Gasteiger partial charge in [-0.1, -0.05) is 29.8 Å². The van der Waals surface area contributed by atoms with Crippen LogP contribution in [-0.4, -0.2) is 54.5 Å². The van der Waals surface area contributed by atoms with Crippen LogP contribution < -0.4 is 9.46 Å². The quantitative estimate of drug-likeness (QED) is 0.427. The van der Waals surface area contributed by atoms with Gasteiger partial charge >= 0.3 is 6.09 Å². The maximum atomic E-state index is 13.3. The van der Waals surface area contributed by atoms with Gasteiger partial charge in [0.05, 0.1) is 11.8 Å². The monoisotopic (exact) mass is 564 g/mol. The molecular weight excluding hydrogens is 532 g/mol. The smallest absolute Gasteiger partial charge is 0.410 e. The van der Waals surface area contributed by atoms with Crippen LogP contribution in [0.15, 0.2) is 59.8 Å². The zero-order valence-electron chi connectivity index (χ0n) is 23.1. The van der Waals surface area contributed by atoms with Crippen LogP contribution in [0.25, 0.3) is 5.57 Å². The molecule has 1 aromatic carbocycles. The molecule has 0 spiro atoms. The van der Waals surface area contributed by atoms with Crippen molar-refractivity contribution < 1.29 is 27.5 Å². The molecule has 0 aliphatic carbocycles. The zero-order chi connectivity index (χ0) is 29.0. The highest BCUT2D eigenvalue weighted by Crippen LogP contribution is 2.33. The van der Waals surface area contributed by atoms with Gasteiger partial charge in [0.2, 0.25) is 5.88 Å². The summed E-state index contributed by atoms with van der Waals surface area (Å²) in [5.74, 6) is -0.414. The van der Waals surface area contributed by atoms with E-state index in [0.717, 1.165) is 22.3 Å². The number of hydrogen-bond acceptors (Lipinski definition) is 8. The van der Waals surface area contributed by atoms with Gasteiger partial charge in [0.15, 0.2) is 5.03 Å². The normalized spacial score (nSPS) is 13.6. The number of nitrogens with zero attached hydrogens (tertiary/aromatic N) is 3. The zero-order valence-corrected chi connectivity index (χ0v) is 23.9. The number of carbonyl (C=O) groups excluding carboxylic acids is 2. The number of nitrogens with one attached hydrogen (secondary N) is 1. The number of hydrogen-bond donors (Lipinski definition) is 1. The van der Waals surface area contributed by atoms with Crippen LogP contribution >= 0.6 is 0 Å². The minimum absolute atomic E-state index is 0.0381. The lowest BCUT2D eigenvalue weighted by molar-refractivity contribution is 0.0798. The summed E-state index contributed by atoms with van der Waals surface area (Å²) in [6.45, 7) is 10.1. The van der Waals surface area contributed by atoms with E-state index in [0.29, 0.717) is 31.0 Å². The number of pyridine rings is 2. The Morgan fingerprint density at radius 3 is 2.38 bits per heavy atom. The highest BCUT2D eigenvalue weighted by molar-refractivity contribution is 7.90. The fourth-order valence-electron chi connectivity index (χ4n) is 4.37. The van der Waals surface area contributed by atoms with Gasteiger partial charge in [0.25, 0.3) is 15.9 Å². The summed E-state index contributed by atoms with van der Waals surface area (Å²) in [4.78, 5) is 35.6. The molecular formula is C29H32N4O6S. The molecule has 3 aromatic rings. The van der Waals surface area contributed by atoms with E-state index in [4.69, 9.17) is 9.47 Å². The van der Waals surface area contributed by atoms with Gasteiger partial charge in [-0.2, -0.15) is 8.42 Å². The van der Waals surface area contributed by atoms with Crippen LogP contribution in [0.1, 0.15) is 53.0 Å². The van der Waals surface area contributed by atoms with Crippen molar-refractivity contribution in [1.82, 2.24) is 19.6 Å². The Morgan fingerprint density at radius 2 is 1.77 bits per heavy atom. The van der Waals surface area contributed by atoms with Crippen LogP contribution in [0.3, 0.4) is 0 Å². The Morgan fingerprint density at radius 1 is 1.05 bits per heavy atom. The Bertz CT molecular complexity index is 1550. The maximum Gasteiger partial charge on any atom is 0.410 e. The second-order valence-corrected chi connectivity index (χ2v) is 11.5. The number of sulfonamides is 1. The molecule has 0 atom stereocenters. The number of amides is 2. The first kappa shape index (κ1) is 28.8. The van der Waals surface area contributed by atoms with Crippen molar-refractivity contribution in [2.24, 2.45) is 0 Å². The first-order chi connectivity index (χ1) is 18.9. The van der Waals surface area contributed by atoms with E-state index in [-0.39, 0.29) is 28.7 Å². The molecule has 4 rings (SSSR count). The molecule has 1 aliphatic rings. The molecule has 11 heteroatoms. The first-order valence-electron chi connectivity index (χ1n) is 12.8. The summed E-state index contributed by atoms with van der Waals surface area (Å²) < 4.78 is 39.1. The van der Waals surface area contributed by atoms with E-state index in [1.54, 1.807) is 30.9 Å². The lowest BCUT2D eigenvalue weighted by atomic mass is 10.0. The molecule has 0 saturated carbocycles. The van der Waals surface area contributed by atoms with Gasteiger partial charge < -0.3 is 14.4 Å². The van der Waals surface area contributed by atoms with Crippen molar-refractivity contribution in [3.05, 3.63) is 82.7 Å². The molecule has 1 N–H and O–H groups in total. The van der Waals surface area contributed by atoms with E-state index in [1.807, 2.05) is 39.0 Å². The Hall–Kier alpha value is -4.25. The van der Waals surface area contributed by atoms with Crippen LogP contribution in [0.2, 0.25) is 0 Å². The number of rotatable bonds is 7. The van der Waals surface area contributed by atoms with Gasteiger partial charge in [-0.3, -0.25) is 4.79 Å². The van der Waals surface area contributed by atoms with Gasteiger partial charge in [-0.05, 0) is 82.0 Å². The largest absolute Gasteiger partial charge is 0.447 e. The van der Waals surface area contributed by atoms with E-state index in [9.17, 15) is 18.0 Å². The Balaban J connectivity index is 1.68. The highest BCUT2D eigenvalue weighted by atomic mass is 32.2. The van der Waals surface area contributed by atoms with Crippen molar-refractivity contribution in [3.8, 4) is 11.6 Å². The lowest BCUT2D eigenvalue weighted by Crippen LogP contribution is -2.36. The maximum absolute atomic E-state index is 13.3. The van der Waals surface area contributed by atoms with Crippen LogP contribution in [0.4, 0.5) is 4.79 Å². The molecule has 1 aliphatic heterocycles. The van der Waals surface area contributed by atoms with Crippen LogP contribution in [-0.2, 0) is 14.8 Å². The van der Waals surface area contributed by atoms with Crippen molar-refractivity contribution in [2.75, 3.05) is 13.1 Å². The van der Waals surface area contributed by atoms with Crippen LogP contribution in [0, 0.1) is 20.8 Å². The molecule has 0 bridgehead atoms. The van der Waals surface area contributed by atoms with E-state index in [1.165, 1.54) is 24.4 Å². The first-order valence-corrected chi connectivity index (χ1v) is 14.3. The second-order valence-electron chi connectivity index (χ2n) is 9.84. The van der Waals surface area contributed by atoms with Crippen molar-refractivity contribution in [2.45, 2.75) is 52.2 Å². The average molecular weight is 565 g/mol. The molecule has 0 fully saturated rings. The lowest BCUT2D eigenvalue weighted by Gasteiger charge is -2.26. The van der Waals surface area contributed by atoms with E-state index >= 15 is 0 Å². The molecule has 3 heterocycles. The minimum atomic E-state index is -4.23. The number of ether oxygens (including phenoxy) is 2. The summed E-state index contributed by atoms with van der Waals surface area (Å²) in [5.41, 5.74) is 4.10. The number of aryl methyl sites for hydroxylation is 3. The Labute approximate surface area is 234 Å². The third kappa shape index (κ3) is 6.66. The summed E-state index contributed by atoms with van der Waals surface area (Å²) in [6.07, 6.45) is 3.13.